The number of hydrogen-bond acceptors (Lipinski definition) is 4. The van der Waals surface area contributed by atoms with Crippen molar-refractivity contribution >= 4 is 18.7 Å². The lowest BCUT2D eigenvalue weighted by Crippen LogP contribution is -2.29. The number of carbonyl (C=O) groups is 1. The predicted molar refractivity (Wildman–Crippen MR) is 84.7 cm³/mol. The third-order valence-electron chi connectivity index (χ3n) is 3.65. The maximum atomic E-state index is 10.6. The van der Waals surface area contributed by atoms with Gasteiger partial charge in [0.2, 0.25) is 0 Å². The van der Waals surface area contributed by atoms with Gasteiger partial charge in [-0.1, -0.05) is 36.4 Å². The van der Waals surface area contributed by atoms with Gasteiger partial charge in [-0.25, -0.2) is 4.79 Å². The van der Waals surface area contributed by atoms with E-state index in [9.17, 15) is 9.82 Å². The van der Waals surface area contributed by atoms with Crippen molar-refractivity contribution in [3.8, 4) is 5.75 Å². The highest BCUT2D eigenvalue weighted by molar-refractivity contribution is 6.61. The normalized spacial score (nSPS) is 16.0. The molecule has 0 spiro atoms. The summed E-state index contributed by atoms with van der Waals surface area (Å²) >= 11 is 0. The Bertz CT molecular complexity index is 694. The average molecular weight is 313 g/mol. The van der Waals surface area contributed by atoms with E-state index < -0.39 is 19.3 Å². The van der Waals surface area contributed by atoms with Crippen molar-refractivity contribution in [2.24, 2.45) is 0 Å². The molecule has 3 rings (SSSR count). The van der Waals surface area contributed by atoms with Gasteiger partial charge in [-0.3, -0.25) is 0 Å². The third kappa shape index (κ3) is 3.64. The highest BCUT2D eigenvalue weighted by Gasteiger charge is 2.35. The predicted octanol–water partition coefficient (Wildman–Crippen LogP) is 1.29. The van der Waals surface area contributed by atoms with Crippen LogP contribution >= 0.6 is 0 Å². The number of rotatable bonds is 5. The van der Waals surface area contributed by atoms with Gasteiger partial charge in [-0.2, -0.15) is 0 Å². The molecule has 7 heteroatoms. The fourth-order valence-corrected chi connectivity index (χ4v) is 2.53. The standard InChI is InChI=1S/C16H16BNO5/c19-16(20)18-9-15-13-7-6-12(8-14(13)17(21)23-15)22-10-11-4-2-1-3-5-11/h1-8,15,18,21H,9-10H2,(H,19,20). The van der Waals surface area contributed by atoms with E-state index in [0.717, 1.165) is 11.1 Å². The van der Waals surface area contributed by atoms with Crippen molar-refractivity contribution in [2.45, 2.75) is 12.7 Å². The van der Waals surface area contributed by atoms with Gasteiger partial charge >= 0.3 is 13.2 Å². The molecule has 1 aliphatic rings. The van der Waals surface area contributed by atoms with E-state index >= 15 is 0 Å². The maximum absolute atomic E-state index is 10.6. The molecule has 6 nitrogen and oxygen atoms in total. The van der Waals surface area contributed by atoms with Gasteiger partial charge in [0.15, 0.2) is 0 Å². The first-order chi connectivity index (χ1) is 11.1. The molecule has 1 aliphatic heterocycles. The highest BCUT2D eigenvalue weighted by atomic mass is 16.5. The van der Waals surface area contributed by atoms with E-state index in [4.69, 9.17) is 14.5 Å². The highest BCUT2D eigenvalue weighted by Crippen LogP contribution is 2.25. The van der Waals surface area contributed by atoms with Crippen LogP contribution in [0.5, 0.6) is 5.75 Å². The number of hydrogen-bond donors (Lipinski definition) is 3. The van der Waals surface area contributed by atoms with Crippen LogP contribution in [0, 0.1) is 0 Å². The summed E-state index contributed by atoms with van der Waals surface area (Å²) in [6, 6.07) is 15.1. The molecule has 0 aromatic heterocycles. The Morgan fingerprint density at radius 2 is 2.04 bits per heavy atom. The van der Waals surface area contributed by atoms with Crippen LogP contribution in [0.15, 0.2) is 48.5 Å². The lowest BCUT2D eigenvalue weighted by atomic mass is 9.79. The summed E-state index contributed by atoms with van der Waals surface area (Å²) in [6.45, 7) is 0.518. The summed E-state index contributed by atoms with van der Waals surface area (Å²) < 4.78 is 11.1. The summed E-state index contributed by atoms with van der Waals surface area (Å²) in [7, 11) is -1.08. The van der Waals surface area contributed by atoms with Crippen molar-refractivity contribution in [1.82, 2.24) is 5.32 Å². The molecule has 1 atom stereocenters. The summed E-state index contributed by atoms with van der Waals surface area (Å²) in [5.74, 6) is 0.627. The number of ether oxygens (including phenoxy) is 1. The zero-order valence-corrected chi connectivity index (χ0v) is 12.3. The molecule has 0 saturated carbocycles. The second-order valence-corrected chi connectivity index (χ2v) is 5.23. The van der Waals surface area contributed by atoms with Crippen LogP contribution in [0.2, 0.25) is 0 Å². The summed E-state index contributed by atoms with van der Waals surface area (Å²) in [5.41, 5.74) is 2.42. The van der Waals surface area contributed by atoms with E-state index in [2.05, 4.69) is 5.32 Å². The topological polar surface area (TPSA) is 88.0 Å². The first-order valence-electron chi connectivity index (χ1n) is 7.24. The van der Waals surface area contributed by atoms with Crippen LogP contribution in [0.3, 0.4) is 0 Å². The number of carboxylic acid groups (broad SMARTS) is 1. The zero-order chi connectivity index (χ0) is 16.2. The lowest BCUT2D eigenvalue weighted by Gasteiger charge is -2.12. The van der Waals surface area contributed by atoms with Crippen molar-refractivity contribution in [3.63, 3.8) is 0 Å². The molecule has 3 N–H and O–H groups in total. The molecule has 1 unspecified atom stereocenters. The first kappa shape index (κ1) is 15.4. The fraction of sp³-hybridized carbons (Fsp3) is 0.188. The molecule has 1 heterocycles. The van der Waals surface area contributed by atoms with Gasteiger partial charge in [0.05, 0.1) is 6.10 Å². The summed E-state index contributed by atoms with van der Waals surface area (Å²) in [5, 5.41) is 20.9. The lowest BCUT2D eigenvalue weighted by molar-refractivity contribution is 0.167. The van der Waals surface area contributed by atoms with Gasteiger partial charge in [-0.05, 0) is 28.7 Å². The van der Waals surface area contributed by atoms with Crippen LogP contribution in [0.4, 0.5) is 4.79 Å². The molecule has 0 radical (unpaired) electrons. The molecule has 118 valence electrons. The van der Waals surface area contributed by atoms with Crippen molar-refractivity contribution < 1.29 is 24.3 Å². The number of benzene rings is 2. The smallest absolute Gasteiger partial charge is 0.489 e. The molecular formula is C16H16BNO5. The Hall–Kier alpha value is -2.51. The Kier molecular flexibility index (Phi) is 4.50. The van der Waals surface area contributed by atoms with E-state index in [0.29, 0.717) is 17.8 Å². The Balaban J connectivity index is 1.69. The van der Waals surface area contributed by atoms with E-state index in [1.165, 1.54) is 0 Å². The molecule has 0 bridgehead atoms. The van der Waals surface area contributed by atoms with Crippen LogP contribution in [-0.4, -0.2) is 29.9 Å². The number of amides is 1. The number of fused-ring (bicyclic) bond motifs is 1. The van der Waals surface area contributed by atoms with Crippen LogP contribution in [0.25, 0.3) is 0 Å². The van der Waals surface area contributed by atoms with Crippen molar-refractivity contribution in [3.05, 3.63) is 59.7 Å². The van der Waals surface area contributed by atoms with Crippen molar-refractivity contribution in [2.75, 3.05) is 6.54 Å². The monoisotopic (exact) mass is 313 g/mol. The van der Waals surface area contributed by atoms with Crippen molar-refractivity contribution in [1.29, 1.82) is 0 Å². The average Bonchev–Trinajstić information content (AvgIpc) is 2.88. The van der Waals surface area contributed by atoms with E-state index in [1.807, 2.05) is 30.3 Å². The molecule has 2 aromatic carbocycles. The SMILES string of the molecule is O=C(O)NCC1OB(O)c2cc(OCc3ccccc3)ccc21. The molecule has 0 saturated heterocycles. The van der Waals surface area contributed by atoms with Gasteiger partial charge in [0.25, 0.3) is 0 Å². The summed E-state index contributed by atoms with van der Waals surface area (Å²) in [4.78, 5) is 10.6. The van der Waals surface area contributed by atoms with Gasteiger partial charge in [0, 0.05) is 6.54 Å². The molecule has 0 fully saturated rings. The number of nitrogens with one attached hydrogen (secondary N) is 1. The molecule has 1 amide bonds. The van der Waals surface area contributed by atoms with Crippen LogP contribution < -0.4 is 15.5 Å². The molecule has 23 heavy (non-hydrogen) atoms. The minimum Gasteiger partial charge on any atom is -0.489 e. The molecular weight excluding hydrogens is 297 g/mol. The minimum absolute atomic E-state index is 0.0869. The quantitative estimate of drug-likeness (QED) is 0.724. The molecule has 2 aromatic rings. The largest absolute Gasteiger partial charge is 0.492 e. The fourth-order valence-electron chi connectivity index (χ4n) is 2.53. The summed E-state index contributed by atoms with van der Waals surface area (Å²) in [6.07, 6.45) is -1.63. The zero-order valence-electron chi connectivity index (χ0n) is 12.3. The van der Waals surface area contributed by atoms with E-state index in [-0.39, 0.29) is 6.54 Å². The Morgan fingerprint density at radius 3 is 2.78 bits per heavy atom. The Labute approximate surface area is 133 Å². The second kappa shape index (κ2) is 6.72. The van der Waals surface area contributed by atoms with E-state index in [1.54, 1.807) is 18.2 Å². The van der Waals surface area contributed by atoms with Gasteiger partial charge in [0.1, 0.15) is 12.4 Å². The minimum atomic E-state index is -1.13. The van der Waals surface area contributed by atoms with Gasteiger partial charge < -0.3 is 24.8 Å². The van der Waals surface area contributed by atoms with Crippen LogP contribution in [-0.2, 0) is 11.3 Å². The molecule has 0 aliphatic carbocycles. The van der Waals surface area contributed by atoms with Gasteiger partial charge in [-0.15, -0.1) is 0 Å². The van der Waals surface area contributed by atoms with Crippen LogP contribution in [0.1, 0.15) is 17.2 Å². The maximum Gasteiger partial charge on any atom is 0.492 e. The second-order valence-electron chi connectivity index (χ2n) is 5.23. The first-order valence-corrected chi connectivity index (χ1v) is 7.24. The Morgan fingerprint density at radius 1 is 1.26 bits per heavy atom. The third-order valence-corrected chi connectivity index (χ3v) is 3.65.